The highest BCUT2D eigenvalue weighted by Gasteiger charge is 2.26. The number of carbonyl (C=O) groups excluding carboxylic acids is 2. The molecule has 0 unspecified atom stereocenters. The number of carbonyl (C=O) groups is 2. The minimum Gasteiger partial charge on any atom is -0.484 e. The Balaban J connectivity index is 1.53. The molecule has 1 aliphatic heterocycles. The molecule has 1 fully saturated rings. The largest absolute Gasteiger partial charge is 0.484 e. The zero-order chi connectivity index (χ0) is 21.7. The van der Waals surface area contributed by atoms with Gasteiger partial charge >= 0.3 is 0 Å². The average Bonchev–Trinajstić information content (AvgIpc) is 2.77. The first-order valence-corrected chi connectivity index (χ1v) is 9.99. The van der Waals surface area contributed by atoms with Crippen LogP contribution < -0.4 is 9.64 Å². The maximum atomic E-state index is 12.5. The summed E-state index contributed by atoms with van der Waals surface area (Å²) in [6, 6.07) is 11.3. The van der Waals surface area contributed by atoms with E-state index in [9.17, 15) is 19.7 Å². The molecule has 1 aliphatic rings. The number of hydrogen-bond acceptors (Lipinski definition) is 6. The number of benzene rings is 2. The van der Waals surface area contributed by atoms with Crippen LogP contribution in [0.4, 0.5) is 11.4 Å². The molecular weight excluding hydrogens is 410 g/mol. The van der Waals surface area contributed by atoms with Crippen molar-refractivity contribution in [2.24, 2.45) is 0 Å². The van der Waals surface area contributed by atoms with Crippen molar-refractivity contribution in [2.75, 3.05) is 37.7 Å². The summed E-state index contributed by atoms with van der Waals surface area (Å²) in [5.41, 5.74) is 1.06. The summed E-state index contributed by atoms with van der Waals surface area (Å²) in [5.74, 6) is 0.414. The molecule has 8 nitrogen and oxygen atoms in total. The second-order valence-electron chi connectivity index (χ2n) is 6.85. The summed E-state index contributed by atoms with van der Waals surface area (Å²) in [6.07, 6.45) is 0.434. The third kappa shape index (κ3) is 5.07. The Kier molecular flexibility index (Phi) is 6.89. The molecule has 0 saturated carbocycles. The number of nitro benzene ring substituents is 1. The first-order valence-electron chi connectivity index (χ1n) is 9.61. The molecule has 30 heavy (non-hydrogen) atoms. The molecule has 2 aromatic carbocycles. The number of hydrogen-bond donors (Lipinski definition) is 0. The Morgan fingerprint density at radius 2 is 1.77 bits per heavy atom. The highest BCUT2D eigenvalue weighted by molar-refractivity contribution is 6.30. The second kappa shape index (κ2) is 9.58. The van der Waals surface area contributed by atoms with Gasteiger partial charge in [-0.1, -0.05) is 18.5 Å². The number of rotatable bonds is 7. The van der Waals surface area contributed by atoms with Gasteiger partial charge in [-0.2, -0.15) is 0 Å². The molecule has 0 spiro atoms. The fourth-order valence-electron chi connectivity index (χ4n) is 3.28. The molecule has 2 aromatic rings. The first-order chi connectivity index (χ1) is 14.4. The molecular formula is C21H22ClN3O5. The first kappa shape index (κ1) is 21.6. The summed E-state index contributed by atoms with van der Waals surface area (Å²) >= 11 is 5.87. The van der Waals surface area contributed by atoms with Crippen molar-refractivity contribution in [3.05, 3.63) is 63.2 Å². The number of amides is 1. The van der Waals surface area contributed by atoms with Crippen molar-refractivity contribution in [2.45, 2.75) is 13.3 Å². The third-order valence-electron chi connectivity index (χ3n) is 4.97. The minimum atomic E-state index is -0.452. The summed E-state index contributed by atoms with van der Waals surface area (Å²) in [4.78, 5) is 38.5. The average molecular weight is 432 g/mol. The SMILES string of the molecule is CCC(=O)c1ccc(OCC(=O)N2CCN(c3ccc(Cl)cc3[N+](=O)[O-])CC2)cc1. The Bertz CT molecular complexity index is 940. The molecule has 3 rings (SSSR count). The van der Waals surface area contributed by atoms with Crippen LogP contribution in [0.5, 0.6) is 5.75 Å². The molecule has 1 amide bonds. The molecule has 0 aliphatic carbocycles. The zero-order valence-corrected chi connectivity index (χ0v) is 17.3. The molecule has 0 atom stereocenters. The standard InChI is InChI=1S/C21H22ClN3O5/c1-2-20(26)15-3-6-17(7-4-15)30-14-21(27)24-11-9-23(10-12-24)18-8-5-16(22)13-19(18)25(28)29/h3-8,13H,2,9-12,14H2,1H3. The quantitative estimate of drug-likeness (QED) is 0.378. The predicted molar refractivity (Wildman–Crippen MR) is 113 cm³/mol. The van der Waals surface area contributed by atoms with Gasteiger partial charge in [0.2, 0.25) is 0 Å². The lowest BCUT2D eigenvalue weighted by atomic mass is 10.1. The van der Waals surface area contributed by atoms with E-state index in [0.29, 0.717) is 54.6 Å². The maximum absolute atomic E-state index is 12.5. The number of piperazine rings is 1. The lowest BCUT2D eigenvalue weighted by Gasteiger charge is -2.35. The van der Waals surface area contributed by atoms with Crippen molar-refractivity contribution in [3.63, 3.8) is 0 Å². The van der Waals surface area contributed by atoms with Gasteiger partial charge in [0.05, 0.1) is 4.92 Å². The minimum absolute atomic E-state index is 0.0457. The van der Waals surface area contributed by atoms with Crippen molar-refractivity contribution >= 4 is 34.7 Å². The van der Waals surface area contributed by atoms with Crippen LogP contribution in [0.2, 0.25) is 5.02 Å². The van der Waals surface area contributed by atoms with Crippen molar-refractivity contribution in [3.8, 4) is 5.75 Å². The van der Waals surface area contributed by atoms with Crippen molar-refractivity contribution in [1.82, 2.24) is 4.90 Å². The number of ketones is 1. The lowest BCUT2D eigenvalue weighted by Crippen LogP contribution is -2.50. The molecule has 1 heterocycles. The van der Waals surface area contributed by atoms with Gasteiger partial charge in [-0.05, 0) is 36.4 Å². The number of Topliss-reactive ketones (excluding diaryl/α,β-unsaturated/α-hetero) is 1. The van der Waals surface area contributed by atoms with Crippen molar-refractivity contribution in [1.29, 1.82) is 0 Å². The van der Waals surface area contributed by atoms with E-state index >= 15 is 0 Å². The Hall–Kier alpha value is -3.13. The van der Waals surface area contributed by atoms with Gasteiger partial charge in [-0.3, -0.25) is 19.7 Å². The normalized spacial score (nSPS) is 13.8. The Morgan fingerprint density at radius 3 is 2.37 bits per heavy atom. The topological polar surface area (TPSA) is 93.0 Å². The number of halogens is 1. The van der Waals surface area contributed by atoms with Crippen LogP contribution in [0.15, 0.2) is 42.5 Å². The summed E-state index contributed by atoms with van der Waals surface area (Å²) in [6.45, 7) is 3.51. The van der Waals surface area contributed by atoms with Gasteiger partial charge in [0, 0.05) is 49.3 Å². The summed E-state index contributed by atoms with van der Waals surface area (Å²) in [5, 5.41) is 11.6. The molecule has 9 heteroatoms. The van der Waals surface area contributed by atoms with E-state index in [1.165, 1.54) is 6.07 Å². The number of nitro groups is 1. The fourth-order valence-corrected chi connectivity index (χ4v) is 3.45. The van der Waals surface area contributed by atoms with Crippen LogP contribution in [0.25, 0.3) is 0 Å². The third-order valence-corrected chi connectivity index (χ3v) is 5.20. The fraction of sp³-hybridized carbons (Fsp3) is 0.333. The van der Waals surface area contributed by atoms with Crippen LogP contribution in [0, 0.1) is 10.1 Å². The number of ether oxygens (including phenoxy) is 1. The molecule has 0 bridgehead atoms. The van der Waals surface area contributed by atoms with E-state index in [4.69, 9.17) is 16.3 Å². The summed E-state index contributed by atoms with van der Waals surface area (Å²) in [7, 11) is 0. The van der Waals surface area contributed by atoms with Crippen LogP contribution >= 0.6 is 11.6 Å². The highest BCUT2D eigenvalue weighted by Crippen LogP contribution is 2.31. The summed E-state index contributed by atoms with van der Waals surface area (Å²) < 4.78 is 5.54. The highest BCUT2D eigenvalue weighted by atomic mass is 35.5. The van der Waals surface area contributed by atoms with Gasteiger partial charge in [0.15, 0.2) is 12.4 Å². The van der Waals surface area contributed by atoms with Gasteiger partial charge in [0.25, 0.3) is 11.6 Å². The number of nitrogens with zero attached hydrogens (tertiary/aromatic N) is 3. The smallest absolute Gasteiger partial charge is 0.294 e. The van der Waals surface area contributed by atoms with E-state index in [-0.39, 0.29) is 24.0 Å². The van der Waals surface area contributed by atoms with E-state index in [2.05, 4.69) is 0 Å². The predicted octanol–water partition coefficient (Wildman–Crippen LogP) is 3.57. The Labute approximate surface area is 179 Å². The van der Waals surface area contributed by atoms with Crippen LogP contribution in [0.1, 0.15) is 23.7 Å². The maximum Gasteiger partial charge on any atom is 0.294 e. The van der Waals surface area contributed by atoms with Gasteiger partial charge < -0.3 is 14.5 Å². The molecule has 1 saturated heterocycles. The monoisotopic (exact) mass is 431 g/mol. The van der Waals surface area contributed by atoms with E-state index in [1.54, 1.807) is 48.2 Å². The molecule has 0 N–H and O–H groups in total. The second-order valence-corrected chi connectivity index (χ2v) is 7.28. The van der Waals surface area contributed by atoms with Gasteiger partial charge in [0.1, 0.15) is 11.4 Å². The van der Waals surface area contributed by atoms with Crippen LogP contribution in [0.3, 0.4) is 0 Å². The van der Waals surface area contributed by atoms with Crippen LogP contribution in [-0.2, 0) is 4.79 Å². The van der Waals surface area contributed by atoms with Gasteiger partial charge in [-0.25, -0.2) is 0 Å². The van der Waals surface area contributed by atoms with Crippen LogP contribution in [-0.4, -0.2) is 54.3 Å². The van der Waals surface area contributed by atoms with Gasteiger partial charge in [-0.15, -0.1) is 0 Å². The molecule has 158 valence electrons. The van der Waals surface area contributed by atoms with E-state index in [1.807, 2.05) is 4.90 Å². The lowest BCUT2D eigenvalue weighted by molar-refractivity contribution is -0.384. The molecule has 0 aromatic heterocycles. The number of anilines is 1. The van der Waals surface area contributed by atoms with Crippen molar-refractivity contribution < 1.29 is 19.2 Å². The van der Waals surface area contributed by atoms with E-state index < -0.39 is 4.92 Å². The van der Waals surface area contributed by atoms with E-state index in [0.717, 1.165) is 0 Å². The zero-order valence-electron chi connectivity index (χ0n) is 16.5. The Morgan fingerprint density at radius 1 is 1.10 bits per heavy atom. The molecule has 0 radical (unpaired) electrons.